The van der Waals surface area contributed by atoms with Gasteiger partial charge in [0.05, 0.1) is 0 Å². The van der Waals surface area contributed by atoms with Crippen molar-refractivity contribution < 1.29 is 4.39 Å². The number of hydrogen-bond donors (Lipinski definition) is 2. The quantitative estimate of drug-likeness (QED) is 0.811. The molecule has 0 saturated carbocycles. The summed E-state index contributed by atoms with van der Waals surface area (Å²) in [5, 5.41) is 3.53. The normalized spacial score (nSPS) is 12.9. The minimum atomic E-state index is -0.252. The zero-order valence-corrected chi connectivity index (χ0v) is 9.03. The molecule has 0 saturated heterocycles. The molecule has 1 aromatic carbocycles. The Bertz CT molecular complexity index is 324. The number of halogens is 2. The molecule has 1 rings (SSSR count). The van der Waals surface area contributed by atoms with Gasteiger partial charge >= 0.3 is 0 Å². The molecule has 4 heteroatoms. The van der Waals surface area contributed by atoms with Crippen LogP contribution in [-0.4, -0.2) is 13.6 Å². The Labute approximate surface area is 88.2 Å². The van der Waals surface area contributed by atoms with Gasteiger partial charge < -0.3 is 11.1 Å². The molecule has 1 aromatic rings. The average Bonchev–Trinajstić information content (AvgIpc) is 2.15. The Morgan fingerprint density at radius 1 is 1.57 bits per heavy atom. The van der Waals surface area contributed by atoms with Crippen molar-refractivity contribution in [3.8, 4) is 0 Å². The van der Waals surface area contributed by atoms with Crippen LogP contribution in [0, 0.1) is 12.7 Å². The first-order chi connectivity index (χ1) is 6.60. The molecule has 0 radical (unpaired) electrons. The molecule has 2 nitrogen and oxygen atoms in total. The standard InChI is InChI=1S/C10H14ClFN2/c1-6-3-8(11)7(4-9(6)12)10(5-13)14-2/h3-4,10,14H,5,13H2,1-2H3. The van der Waals surface area contributed by atoms with Crippen molar-refractivity contribution in [3.63, 3.8) is 0 Å². The summed E-state index contributed by atoms with van der Waals surface area (Å²) < 4.78 is 13.3. The number of hydrogen-bond acceptors (Lipinski definition) is 2. The lowest BCUT2D eigenvalue weighted by Gasteiger charge is -2.16. The third-order valence-electron chi connectivity index (χ3n) is 2.24. The Balaban J connectivity index is 3.14. The van der Waals surface area contributed by atoms with Gasteiger partial charge in [0.15, 0.2) is 0 Å². The molecule has 0 heterocycles. The van der Waals surface area contributed by atoms with E-state index in [0.717, 1.165) is 0 Å². The Kier molecular flexibility index (Phi) is 3.86. The molecule has 78 valence electrons. The second kappa shape index (κ2) is 4.73. The second-order valence-electron chi connectivity index (χ2n) is 3.20. The van der Waals surface area contributed by atoms with Gasteiger partial charge in [-0.2, -0.15) is 0 Å². The highest BCUT2D eigenvalue weighted by atomic mass is 35.5. The fourth-order valence-corrected chi connectivity index (χ4v) is 1.68. The van der Waals surface area contributed by atoms with Crippen LogP contribution in [-0.2, 0) is 0 Å². The van der Waals surface area contributed by atoms with Crippen molar-refractivity contribution in [2.24, 2.45) is 5.73 Å². The van der Waals surface area contributed by atoms with Crippen LogP contribution in [0.5, 0.6) is 0 Å². The van der Waals surface area contributed by atoms with E-state index in [1.54, 1.807) is 20.0 Å². The summed E-state index contributed by atoms with van der Waals surface area (Å²) in [6.45, 7) is 2.07. The largest absolute Gasteiger partial charge is 0.329 e. The van der Waals surface area contributed by atoms with E-state index in [9.17, 15) is 4.39 Å². The number of nitrogens with two attached hydrogens (primary N) is 1. The molecule has 0 fully saturated rings. The van der Waals surface area contributed by atoms with Crippen LogP contribution in [0.2, 0.25) is 5.02 Å². The lowest BCUT2D eigenvalue weighted by molar-refractivity contribution is 0.583. The maximum atomic E-state index is 13.3. The van der Waals surface area contributed by atoms with Gasteiger partial charge in [0.2, 0.25) is 0 Å². The van der Waals surface area contributed by atoms with Crippen LogP contribution in [0.1, 0.15) is 17.2 Å². The van der Waals surface area contributed by atoms with Crippen LogP contribution in [0.4, 0.5) is 4.39 Å². The highest BCUT2D eigenvalue weighted by Gasteiger charge is 2.13. The van der Waals surface area contributed by atoms with E-state index in [-0.39, 0.29) is 11.9 Å². The fourth-order valence-electron chi connectivity index (χ4n) is 1.33. The molecule has 3 N–H and O–H groups in total. The summed E-state index contributed by atoms with van der Waals surface area (Å²) in [6, 6.07) is 2.95. The van der Waals surface area contributed by atoms with Crippen LogP contribution in [0.25, 0.3) is 0 Å². The monoisotopic (exact) mass is 216 g/mol. The van der Waals surface area contributed by atoms with E-state index in [4.69, 9.17) is 17.3 Å². The van der Waals surface area contributed by atoms with Crippen molar-refractivity contribution in [1.82, 2.24) is 5.32 Å². The zero-order chi connectivity index (χ0) is 10.7. The molecule has 14 heavy (non-hydrogen) atoms. The molecule has 1 atom stereocenters. The van der Waals surface area contributed by atoms with E-state index in [1.807, 2.05) is 0 Å². The Morgan fingerprint density at radius 2 is 2.21 bits per heavy atom. The van der Waals surface area contributed by atoms with Gasteiger partial charge in [-0.25, -0.2) is 4.39 Å². The average molecular weight is 217 g/mol. The number of benzene rings is 1. The minimum absolute atomic E-state index is 0.0994. The van der Waals surface area contributed by atoms with Gasteiger partial charge in [0.1, 0.15) is 5.82 Å². The first kappa shape index (κ1) is 11.4. The third kappa shape index (κ3) is 2.23. The molecule has 0 aromatic heterocycles. The summed E-state index contributed by atoms with van der Waals surface area (Å²) in [4.78, 5) is 0. The molecule has 0 amide bonds. The SMILES string of the molecule is CNC(CN)c1cc(F)c(C)cc1Cl. The Morgan fingerprint density at radius 3 is 2.71 bits per heavy atom. The fraction of sp³-hybridized carbons (Fsp3) is 0.400. The summed E-state index contributed by atoms with van der Waals surface area (Å²) in [6.07, 6.45) is 0. The molecule has 0 bridgehead atoms. The van der Waals surface area contributed by atoms with E-state index in [0.29, 0.717) is 22.7 Å². The van der Waals surface area contributed by atoms with Crippen molar-refractivity contribution in [2.45, 2.75) is 13.0 Å². The molecule has 0 aliphatic rings. The molecular formula is C10H14ClFN2. The molecule has 0 spiro atoms. The summed E-state index contributed by atoms with van der Waals surface area (Å²) >= 11 is 5.99. The van der Waals surface area contributed by atoms with Crippen molar-refractivity contribution >= 4 is 11.6 Å². The minimum Gasteiger partial charge on any atom is -0.329 e. The van der Waals surface area contributed by atoms with Crippen molar-refractivity contribution in [2.75, 3.05) is 13.6 Å². The van der Waals surface area contributed by atoms with Gasteiger partial charge in [-0.05, 0) is 37.2 Å². The predicted octanol–water partition coefficient (Wildman–Crippen LogP) is 2.01. The summed E-state index contributed by atoms with van der Waals surface area (Å²) in [5.41, 5.74) is 6.78. The molecule has 1 unspecified atom stereocenters. The van der Waals surface area contributed by atoms with Crippen LogP contribution in [0.15, 0.2) is 12.1 Å². The maximum absolute atomic E-state index is 13.3. The molecular weight excluding hydrogens is 203 g/mol. The van der Waals surface area contributed by atoms with Gasteiger partial charge in [0, 0.05) is 17.6 Å². The number of rotatable bonds is 3. The van der Waals surface area contributed by atoms with E-state index in [1.165, 1.54) is 6.07 Å². The van der Waals surface area contributed by atoms with E-state index < -0.39 is 0 Å². The second-order valence-corrected chi connectivity index (χ2v) is 3.61. The Hall–Kier alpha value is -0.640. The van der Waals surface area contributed by atoms with Gasteiger partial charge in [-0.15, -0.1) is 0 Å². The van der Waals surface area contributed by atoms with Crippen LogP contribution in [0.3, 0.4) is 0 Å². The lowest BCUT2D eigenvalue weighted by Crippen LogP contribution is -2.25. The number of nitrogens with one attached hydrogen (secondary N) is 1. The van der Waals surface area contributed by atoms with Crippen molar-refractivity contribution in [1.29, 1.82) is 0 Å². The summed E-state index contributed by atoms with van der Waals surface area (Å²) in [5.74, 6) is -0.252. The lowest BCUT2D eigenvalue weighted by atomic mass is 10.0. The first-order valence-corrected chi connectivity index (χ1v) is 4.80. The molecule has 0 aliphatic heterocycles. The van der Waals surface area contributed by atoms with Gasteiger partial charge in [-0.1, -0.05) is 11.6 Å². The van der Waals surface area contributed by atoms with Gasteiger partial charge in [0.25, 0.3) is 0 Å². The van der Waals surface area contributed by atoms with Gasteiger partial charge in [-0.3, -0.25) is 0 Å². The summed E-state index contributed by atoms with van der Waals surface area (Å²) in [7, 11) is 1.77. The smallest absolute Gasteiger partial charge is 0.126 e. The first-order valence-electron chi connectivity index (χ1n) is 4.43. The number of aryl methyl sites for hydroxylation is 1. The predicted molar refractivity (Wildman–Crippen MR) is 57.0 cm³/mol. The number of likely N-dealkylation sites (N-methyl/N-ethyl adjacent to an activating group) is 1. The highest BCUT2D eigenvalue weighted by molar-refractivity contribution is 6.31. The van der Waals surface area contributed by atoms with E-state index in [2.05, 4.69) is 5.32 Å². The maximum Gasteiger partial charge on any atom is 0.126 e. The topological polar surface area (TPSA) is 38.0 Å². The van der Waals surface area contributed by atoms with Crippen LogP contribution < -0.4 is 11.1 Å². The zero-order valence-electron chi connectivity index (χ0n) is 8.27. The van der Waals surface area contributed by atoms with Crippen molar-refractivity contribution in [3.05, 3.63) is 34.1 Å². The molecule has 0 aliphatic carbocycles. The highest BCUT2D eigenvalue weighted by Crippen LogP contribution is 2.25. The van der Waals surface area contributed by atoms with E-state index >= 15 is 0 Å². The third-order valence-corrected chi connectivity index (χ3v) is 2.56. The van der Waals surface area contributed by atoms with Crippen LogP contribution >= 0.6 is 11.6 Å².